The molecule has 0 aliphatic carbocycles. The monoisotopic (exact) mass is 766 g/mol. The van der Waals surface area contributed by atoms with Crippen LogP contribution in [0.25, 0.3) is 66.2 Å². The van der Waals surface area contributed by atoms with Crippen LogP contribution in [0.1, 0.15) is 26.3 Å². The lowest BCUT2D eigenvalue weighted by Gasteiger charge is -2.20. The minimum absolute atomic E-state index is 0.0465. The lowest BCUT2D eigenvalue weighted by molar-refractivity contribution is 0.463. The average molecular weight is 767 g/mol. The summed E-state index contributed by atoms with van der Waals surface area (Å²) in [5.41, 5.74) is 12.5. The van der Waals surface area contributed by atoms with Crippen LogP contribution < -0.4 is 14.5 Å². The maximum atomic E-state index is 6.60. The summed E-state index contributed by atoms with van der Waals surface area (Å²) in [6.45, 7) is 7.47. The summed E-state index contributed by atoms with van der Waals surface area (Å²) in [4.78, 5) is 14.2. The van der Waals surface area contributed by atoms with Crippen LogP contribution in [0.4, 0.5) is 17.1 Å². The van der Waals surface area contributed by atoms with E-state index in [1.807, 2.05) is 24.5 Å². The molecule has 0 fully saturated rings. The number of hydrogen-bond acceptors (Lipinski definition) is 5. The van der Waals surface area contributed by atoms with Gasteiger partial charge in [-0.1, -0.05) is 93.6 Å². The van der Waals surface area contributed by atoms with Gasteiger partial charge in [0.2, 0.25) is 5.88 Å². The number of fused-ring (bicyclic) bond motifs is 7. The molecule has 0 saturated heterocycles. The molecule has 59 heavy (non-hydrogen) atoms. The summed E-state index contributed by atoms with van der Waals surface area (Å²) >= 11 is 0. The highest BCUT2D eigenvalue weighted by atomic mass is 16.5. The molecule has 0 amide bonds. The predicted octanol–water partition coefficient (Wildman–Crippen LogP) is 13.0. The molecule has 0 saturated carbocycles. The van der Waals surface area contributed by atoms with Gasteiger partial charge in [0.1, 0.15) is 11.6 Å². The van der Waals surface area contributed by atoms with Gasteiger partial charge >= 0.3 is 0 Å². The molecule has 6 aromatic carbocycles. The van der Waals surface area contributed by atoms with Gasteiger partial charge in [-0.05, 0) is 89.3 Å². The van der Waals surface area contributed by atoms with Crippen LogP contribution >= 0.6 is 0 Å². The fourth-order valence-corrected chi connectivity index (χ4v) is 8.93. The highest BCUT2D eigenvalue weighted by Gasteiger charge is 2.25. The maximum absolute atomic E-state index is 6.60. The smallest absolute Gasteiger partial charge is 0.221 e. The summed E-state index contributed by atoms with van der Waals surface area (Å²) in [7, 11) is 2.12. The van der Waals surface area contributed by atoms with Gasteiger partial charge in [-0.3, -0.25) is 4.57 Å². The summed E-state index contributed by atoms with van der Waals surface area (Å²) in [5, 5.41) is 4.73. The summed E-state index contributed by atoms with van der Waals surface area (Å²) in [6, 6.07) is 56.1. The molecule has 10 aromatic rings. The lowest BCUT2D eigenvalue weighted by Crippen LogP contribution is -2.23. The number of nitrogens with zero attached hydrogens (tertiary/aromatic N) is 6. The maximum Gasteiger partial charge on any atom is 0.221 e. The number of benzene rings is 6. The molecule has 286 valence electrons. The van der Waals surface area contributed by atoms with E-state index in [1.165, 1.54) is 44.3 Å². The Morgan fingerprint density at radius 1 is 0.542 bits per heavy atom. The highest BCUT2D eigenvalue weighted by molar-refractivity contribution is 6.15. The van der Waals surface area contributed by atoms with Crippen LogP contribution in [-0.2, 0) is 5.41 Å². The third-order valence-corrected chi connectivity index (χ3v) is 11.8. The molecule has 0 N–H and O–H groups in total. The quantitative estimate of drug-likeness (QED) is 0.169. The normalized spacial score (nSPS) is 12.9. The topological polar surface area (TPSA) is 51.4 Å². The largest absolute Gasteiger partial charge is 0.439 e. The first-order chi connectivity index (χ1) is 28.8. The van der Waals surface area contributed by atoms with Crippen molar-refractivity contribution in [1.82, 2.24) is 19.1 Å². The molecule has 0 radical (unpaired) electrons. The molecule has 7 heteroatoms. The van der Waals surface area contributed by atoms with Crippen LogP contribution in [0.5, 0.6) is 11.6 Å². The molecule has 7 nitrogen and oxygen atoms in total. The minimum Gasteiger partial charge on any atom is -0.439 e. The van der Waals surface area contributed by atoms with Crippen LogP contribution in [0, 0.1) is 0 Å². The van der Waals surface area contributed by atoms with E-state index in [0.29, 0.717) is 11.6 Å². The average Bonchev–Trinajstić information content (AvgIpc) is 3.90. The van der Waals surface area contributed by atoms with Crippen LogP contribution in [0.3, 0.4) is 0 Å². The van der Waals surface area contributed by atoms with E-state index in [9.17, 15) is 0 Å². The Morgan fingerprint density at radius 3 is 2.15 bits per heavy atom. The molecule has 11 rings (SSSR count). The molecule has 0 bridgehead atoms. The van der Waals surface area contributed by atoms with Crippen LogP contribution in [-0.4, -0.2) is 32.8 Å². The fraction of sp³-hybridized carbons (Fsp3) is 0.115. The predicted molar refractivity (Wildman–Crippen MR) is 243 cm³/mol. The van der Waals surface area contributed by atoms with E-state index in [4.69, 9.17) is 9.72 Å². The molecule has 1 aliphatic rings. The second kappa shape index (κ2) is 13.4. The van der Waals surface area contributed by atoms with Crippen molar-refractivity contribution < 1.29 is 4.74 Å². The first-order valence-corrected chi connectivity index (χ1v) is 20.1. The Hall–Kier alpha value is -7.38. The fourth-order valence-electron chi connectivity index (χ4n) is 8.93. The number of anilines is 3. The first kappa shape index (κ1) is 34.8. The molecular formula is C52H42N6O. The zero-order valence-corrected chi connectivity index (χ0v) is 33.5. The van der Waals surface area contributed by atoms with Gasteiger partial charge in [0, 0.05) is 70.1 Å². The van der Waals surface area contributed by atoms with Crippen molar-refractivity contribution in [2.75, 3.05) is 23.5 Å². The Morgan fingerprint density at radius 2 is 1.29 bits per heavy atom. The van der Waals surface area contributed by atoms with Gasteiger partial charge in [0.25, 0.3) is 0 Å². The molecule has 0 spiro atoms. The van der Waals surface area contributed by atoms with Crippen molar-refractivity contribution in [3.63, 3.8) is 0 Å². The van der Waals surface area contributed by atoms with Gasteiger partial charge in [-0.25, -0.2) is 9.97 Å². The van der Waals surface area contributed by atoms with Crippen molar-refractivity contribution in [3.8, 4) is 34.3 Å². The molecule has 4 aromatic heterocycles. The number of ether oxygens (including phenoxy) is 1. The Bertz CT molecular complexity index is 3250. The summed E-state index contributed by atoms with van der Waals surface area (Å²) in [5.74, 6) is 2.11. The SMILES string of the molecule is CN1CN(c2ccnc(Oc3ccc4c5cc(-c6cccc7c8ccccc8n(-c8ccccc8)c67)ccc5n(-c5cc(C(C)(C)C)ccn5)c4c3)c2)c2ccccc21. The second-order valence-corrected chi connectivity index (χ2v) is 16.5. The van der Waals surface area contributed by atoms with Gasteiger partial charge in [0.15, 0.2) is 0 Å². The second-order valence-electron chi connectivity index (χ2n) is 16.5. The van der Waals surface area contributed by atoms with Gasteiger partial charge < -0.3 is 19.1 Å². The Balaban J connectivity index is 1.07. The van der Waals surface area contributed by atoms with Crippen molar-refractivity contribution in [2.24, 2.45) is 0 Å². The van der Waals surface area contributed by atoms with Gasteiger partial charge in [0.05, 0.1) is 40.1 Å². The first-order valence-electron chi connectivity index (χ1n) is 20.1. The van der Waals surface area contributed by atoms with E-state index in [-0.39, 0.29) is 5.41 Å². The highest BCUT2D eigenvalue weighted by Crippen LogP contribution is 2.43. The van der Waals surface area contributed by atoms with Crippen LogP contribution in [0.15, 0.2) is 170 Å². The molecule has 1 aliphatic heterocycles. The van der Waals surface area contributed by atoms with E-state index in [1.54, 1.807) is 0 Å². The number of rotatable bonds is 6. The van der Waals surface area contributed by atoms with Gasteiger partial charge in [-0.15, -0.1) is 0 Å². The number of hydrogen-bond donors (Lipinski definition) is 0. The number of para-hydroxylation sites is 5. The Kier molecular flexibility index (Phi) is 7.88. The molecular weight excluding hydrogens is 725 g/mol. The third kappa shape index (κ3) is 5.72. The summed E-state index contributed by atoms with van der Waals surface area (Å²) < 4.78 is 11.3. The minimum atomic E-state index is -0.0465. The Labute approximate surface area is 343 Å². The van der Waals surface area contributed by atoms with Crippen molar-refractivity contribution in [1.29, 1.82) is 0 Å². The number of pyridine rings is 2. The zero-order chi connectivity index (χ0) is 39.8. The van der Waals surface area contributed by atoms with Crippen LogP contribution in [0.2, 0.25) is 0 Å². The standard InChI is InChI=1S/C52H42N6O/c1-52(2,3)35-25-27-53-49(30-35)58-45-24-21-34(39-16-12-17-42-40-15-8-9-18-44(40)57(51(39)42)36-13-6-5-7-14-36)29-43(45)41-23-22-38(32-48(41)58)59-50-31-37(26-28-54-50)56-33-55(4)46-19-10-11-20-47(46)56/h5-32H,33H2,1-4H3. The van der Waals surface area contributed by atoms with Gasteiger partial charge in [-0.2, -0.15) is 0 Å². The number of aromatic nitrogens is 4. The molecule has 0 unspecified atom stereocenters. The van der Waals surface area contributed by atoms with Crippen molar-refractivity contribution >= 4 is 60.7 Å². The van der Waals surface area contributed by atoms with E-state index in [2.05, 4.69) is 197 Å². The van der Waals surface area contributed by atoms with Crippen molar-refractivity contribution in [2.45, 2.75) is 26.2 Å². The lowest BCUT2D eigenvalue weighted by atomic mass is 9.88. The summed E-state index contributed by atoms with van der Waals surface area (Å²) in [6.07, 6.45) is 3.75. The van der Waals surface area contributed by atoms with E-state index in [0.717, 1.165) is 51.2 Å². The van der Waals surface area contributed by atoms with Crippen molar-refractivity contribution in [3.05, 3.63) is 176 Å². The molecule has 5 heterocycles. The van der Waals surface area contributed by atoms with E-state index < -0.39 is 0 Å². The van der Waals surface area contributed by atoms with E-state index >= 15 is 0 Å². The third-order valence-electron chi connectivity index (χ3n) is 11.8. The zero-order valence-electron chi connectivity index (χ0n) is 33.5. The molecule has 0 atom stereocenters.